The van der Waals surface area contributed by atoms with Crippen molar-refractivity contribution in [3.63, 3.8) is 0 Å². The van der Waals surface area contributed by atoms with Crippen LogP contribution in [0.15, 0.2) is 0 Å². The van der Waals surface area contributed by atoms with E-state index in [1.165, 1.54) is 128 Å². The molecular weight excluding hydrogens is 493 g/mol. The molecule has 0 aromatic carbocycles. The summed E-state index contributed by atoms with van der Waals surface area (Å²) < 4.78 is 40.4. The Labute approximate surface area is 242 Å². The monoisotopic (exact) mass is 563 g/mol. The van der Waals surface area contributed by atoms with Crippen LogP contribution in [0.2, 0.25) is 0 Å². The van der Waals surface area contributed by atoms with E-state index < -0.39 is 12.1 Å². The molecule has 0 heterocycles. The van der Waals surface area contributed by atoms with Crippen molar-refractivity contribution in [1.29, 1.82) is 0 Å². The molecule has 0 bridgehead atoms. The van der Waals surface area contributed by atoms with E-state index in [9.17, 15) is 13.2 Å². The zero-order chi connectivity index (χ0) is 28.7. The second-order valence-electron chi connectivity index (χ2n) is 12.3. The van der Waals surface area contributed by atoms with E-state index in [0.717, 1.165) is 64.5 Å². The fourth-order valence-electron chi connectivity index (χ4n) is 5.78. The number of rotatable bonds is 32. The topological polar surface area (TPSA) is 52.0 Å². The summed E-state index contributed by atoms with van der Waals surface area (Å²) in [5.74, 6) is -1.08. The normalized spacial score (nSPS) is 12.2. The molecule has 0 aliphatic heterocycles. The second-order valence-corrected chi connectivity index (χ2v) is 12.3. The maximum absolute atomic E-state index is 13.5. The molecule has 0 aliphatic carbocycles. The minimum atomic E-state index is -4.02. The van der Waals surface area contributed by atoms with Crippen LogP contribution in [-0.2, 0) is 0 Å². The van der Waals surface area contributed by atoms with Crippen LogP contribution in [0.3, 0.4) is 0 Å². The van der Waals surface area contributed by atoms with Gasteiger partial charge in [0.05, 0.1) is 5.92 Å². The fourth-order valence-corrected chi connectivity index (χ4v) is 5.78. The summed E-state index contributed by atoms with van der Waals surface area (Å²) in [6, 6.07) is 0. The van der Waals surface area contributed by atoms with Crippen molar-refractivity contribution in [1.82, 2.24) is 0 Å². The van der Waals surface area contributed by atoms with Crippen LogP contribution in [0.25, 0.3) is 0 Å². The van der Waals surface area contributed by atoms with E-state index in [2.05, 4.69) is 0 Å². The van der Waals surface area contributed by atoms with Crippen molar-refractivity contribution >= 4 is 0 Å². The summed E-state index contributed by atoms with van der Waals surface area (Å²) in [4.78, 5) is 0. The molecule has 0 aromatic rings. The van der Waals surface area contributed by atoms with E-state index in [-0.39, 0.29) is 0 Å². The minimum Gasteiger partial charge on any atom is -0.330 e. The zero-order valence-corrected chi connectivity index (χ0v) is 26.0. The molecule has 0 rings (SSSR count). The summed E-state index contributed by atoms with van der Waals surface area (Å²) in [5.41, 5.74) is 11.0. The number of unbranched alkanes of at least 4 members (excludes halogenated alkanes) is 26. The molecule has 5 heteroatoms. The van der Waals surface area contributed by atoms with Gasteiger partial charge in [-0.05, 0) is 38.8 Å². The van der Waals surface area contributed by atoms with Crippen molar-refractivity contribution in [2.45, 2.75) is 199 Å². The number of hydrogen-bond donors (Lipinski definition) is 2. The van der Waals surface area contributed by atoms with Gasteiger partial charge in [-0.3, -0.25) is 0 Å². The molecule has 2 nitrogen and oxygen atoms in total. The largest absolute Gasteiger partial charge is 0.391 e. The van der Waals surface area contributed by atoms with Gasteiger partial charge in [0.2, 0.25) is 0 Å². The molecule has 0 saturated heterocycles. The Balaban J connectivity index is 3.50. The number of alkyl halides is 3. The molecular formula is C34H69F3N2. The molecule has 39 heavy (non-hydrogen) atoms. The van der Waals surface area contributed by atoms with Crippen molar-refractivity contribution in [3.05, 3.63) is 0 Å². The summed E-state index contributed by atoms with van der Waals surface area (Å²) in [6.45, 7) is 1.64. The summed E-state index contributed by atoms with van der Waals surface area (Å²) in [6.07, 6.45) is 30.6. The Bertz CT molecular complexity index is 422. The van der Waals surface area contributed by atoms with Crippen LogP contribution in [0.5, 0.6) is 0 Å². The average Bonchev–Trinajstić information content (AvgIpc) is 2.91. The van der Waals surface area contributed by atoms with Crippen LogP contribution in [0.4, 0.5) is 13.2 Å². The first kappa shape index (κ1) is 38.7. The Morgan fingerprint density at radius 2 is 0.487 bits per heavy atom. The van der Waals surface area contributed by atoms with Crippen molar-refractivity contribution in [2.75, 3.05) is 13.1 Å². The molecule has 0 amide bonds. The van der Waals surface area contributed by atoms with E-state index >= 15 is 0 Å². The SMILES string of the molecule is NCCCCCCCCCCCCCCCCC(CCCCCCCCCCCCCCCCN)C(F)(F)F. The van der Waals surface area contributed by atoms with Gasteiger partial charge in [0, 0.05) is 0 Å². The smallest absolute Gasteiger partial charge is 0.330 e. The number of halogens is 3. The molecule has 0 aliphatic rings. The highest BCUT2D eigenvalue weighted by atomic mass is 19.4. The van der Waals surface area contributed by atoms with Crippen molar-refractivity contribution in [3.8, 4) is 0 Å². The molecule has 0 aromatic heterocycles. The third kappa shape index (κ3) is 30.5. The lowest BCUT2D eigenvalue weighted by Gasteiger charge is -2.20. The van der Waals surface area contributed by atoms with Crippen LogP contribution >= 0.6 is 0 Å². The van der Waals surface area contributed by atoms with Gasteiger partial charge in [-0.2, -0.15) is 13.2 Å². The van der Waals surface area contributed by atoms with Crippen LogP contribution in [0, 0.1) is 5.92 Å². The molecule has 0 fully saturated rings. The Kier molecular flexibility index (Phi) is 30.4. The number of hydrogen-bond acceptors (Lipinski definition) is 2. The molecule has 0 radical (unpaired) electrons. The van der Waals surface area contributed by atoms with Gasteiger partial charge < -0.3 is 11.5 Å². The lowest BCUT2D eigenvalue weighted by Crippen LogP contribution is -2.22. The quantitative estimate of drug-likeness (QED) is 0.0801. The van der Waals surface area contributed by atoms with Gasteiger partial charge in [-0.25, -0.2) is 0 Å². The maximum atomic E-state index is 13.5. The first-order valence-corrected chi connectivity index (χ1v) is 17.5. The van der Waals surface area contributed by atoms with Gasteiger partial charge in [0.15, 0.2) is 0 Å². The fraction of sp³-hybridized carbons (Fsp3) is 1.00. The van der Waals surface area contributed by atoms with Gasteiger partial charge in [-0.1, -0.05) is 167 Å². The highest BCUT2D eigenvalue weighted by molar-refractivity contribution is 4.68. The molecule has 236 valence electrons. The first-order valence-electron chi connectivity index (χ1n) is 17.5. The molecule has 4 N–H and O–H groups in total. The zero-order valence-electron chi connectivity index (χ0n) is 26.0. The van der Waals surface area contributed by atoms with Crippen LogP contribution < -0.4 is 11.5 Å². The highest BCUT2D eigenvalue weighted by Gasteiger charge is 2.38. The van der Waals surface area contributed by atoms with Gasteiger partial charge >= 0.3 is 6.18 Å². The third-order valence-electron chi connectivity index (χ3n) is 8.48. The molecule has 0 spiro atoms. The summed E-state index contributed by atoms with van der Waals surface area (Å²) in [7, 11) is 0. The standard InChI is InChI=1S/C34H69F3N2/c35-34(36,37)33(29-25-21-17-13-9-5-1-3-7-11-15-19-23-27-31-38)30-26-22-18-14-10-6-2-4-8-12-16-20-24-28-32-39/h33H,1-32,38-39H2. The summed E-state index contributed by atoms with van der Waals surface area (Å²) in [5, 5.41) is 0. The van der Waals surface area contributed by atoms with Crippen LogP contribution in [0.1, 0.15) is 193 Å². The minimum absolute atomic E-state index is 0.335. The molecule has 0 atom stereocenters. The van der Waals surface area contributed by atoms with Gasteiger partial charge in [-0.15, -0.1) is 0 Å². The third-order valence-corrected chi connectivity index (χ3v) is 8.48. The number of nitrogens with two attached hydrogens (primary N) is 2. The average molecular weight is 563 g/mol. The molecule has 0 saturated carbocycles. The summed E-state index contributed by atoms with van der Waals surface area (Å²) >= 11 is 0. The van der Waals surface area contributed by atoms with Crippen molar-refractivity contribution < 1.29 is 13.2 Å². The van der Waals surface area contributed by atoms with Crippen molar-refractivity contribution in [2.24, 2.45) is 17.4 Å². The van der Waals surface area contributed by atoms with Gasteiger partial charge in [0.25, 0.3) is 0 Å². The van der Waals surface area contributed by atoms with E-state index in [4.69, 9.17) is 11.5 Å². The van der Waals surface area contributed by atoms with Gasteiger partial charge in [0.1, 0.15) is 0 Å². The first-order chi connectivity index (χ1) is 19.0. The highest BCUT2D eigenvalue weighted by Crippen LogP contribution is 2.34. The lowest BCUT2D eigenvalue weighted by atomic mass is 9.93. The van der Waals surface area contributed by atoms with E-state index in [1.807, 2.05) is 0 Å². The lowest BCUT2D eigenvalue weighted by molar-refractivity contribution is -0.178. The Morgan fingerprint density at radius 1 is 0.308 bits per heavy atom. The van der Waals surface area contributed by atoms with E-state index in [1.54, 1.807) is 0 Å². The van der Waals surface area contributed by atoms with E-state index in [0.29, 0.717) is 12.8 Å². The van der Waals surface area contributed by atoms with Crippen LogP contribution in [-0.4, -0.2) is 19.3 Å². The second kappa shape index (κ2) is 30.7. The maximum Gasteiger partial charge on any atom is 0.391 e. The Morgan fingerprint density at radius 3 is 0.667 bits per heavy atom. The molecule has 0 unspecified atom stereocenters. The predicted molar refractivity (Wildman–Crippen MR) is 166 cm³/mol. The Hall–Kier alpha value is -0.290. The predicted octanol–water partition coefficient (Wildman–Crippen LogP) is 11.8.